The standard InChI is InChI=1S/C19H36N6O2S.HI/c1-6-17-16(18(7-2)24(5)23-17)14-21-19(20-8-3)22-15-10-12-25(13-11-15)28(26,27)9-4;/h15H,6-14H2,1-5H3,(H2,20,21,22);1H. The predicted octanol–water partition coefficient (Wildman–Crippen LogP) is 2.03. The molecule has 0 amide bonds. The summed E-state index contributed by atoms with van der Waals surface area (Å²) in [6.07, 6.45) is 3.41. The fourth-order valence-corrected chi connectivity index (χ4v) is 4.84. The van der Waals surface area contributed by atoms with Crippen LogP contribution in [0.3, 0.4) is 0 Å². The number of guanidine groups is 1. The number of sulfonamides is 1. The molecule has 1 saturated heterocycles. The van der Waals surface area contributed by atoms with Crippen molar-refractivity contribution in [2.75, 3.05) is 25.4 Å². The smallest absolute Gasteiger partial charge is 0.213 e. The molecule has 168 valence electrons. The number of aliphatic imine (C=N–C) groups is 1. The van der Waals surface area contributed by atoms with Gasteiger partial charge in [0, 0.05) is 44.0 Å². The molecule has 8 nitrogen and oxygen atoms in total. The van der Waals surface area contributed by atoms with Gasteiger partial charge < -0.3 is 10.6 Å². The number of hydrogen-bond acceptors (Lipinski definition) is 4. The lowest BCUT2D eigenvalue weighted by Crippen LogP contribution is -2.50. The lowest BCUT2D eigenvalue weighted by Gasteiger charge is -2.32. The van der Waals surface area contributed by atoms with E-state index in [-0.39, 0.29) is 35.8 Å². The van der Waals surface area contributed by atoms with E-state index in [9.17, 15) is 8.42 Å². The van der Waals surface area contributed by atoms with Crippen LogP contribution in [0.1, 0.15) is 57.5 Å². The van der Waals surface area contributed by atoms with E-state index in [2.05, 4.69) is 29.6 Å². The van der Waals surface area contributed by atoms with Crippen LogP contribution < -0.4 is 10.6 Å². The van der Waals surface area contributed by atoms with E-state index in [1.807, 2.05) is 18.7 Å². The van der Waals surface area contributed by atoms with Crippen molar-refractivity contribution in [3.8, 4) is 0 Å². The van der Waals surface area contributed by atoms with Gasteiger partial charge in [-0.1, -0.05) is 13.8 Å². The molecule has 2 heterocycles. The zero-order chi connectivity index (χ0) is 20.7. The predicted molar refractivity (Wildman–Crippen MR) is 129 cm³/mol. The minimum atomic E-state index is -3.09. The summed E-state index contributed by atoms with van der Waals surface area (Å²) in [5.74, 6) is 0.951. The monoisotopic (exact) mass is 540 g/mol. The molecular weight excluding hydrogens is 503 g/mol. The first-order valence-corrected chi connectivity index (χ1v) is 12.0. The zero-order valence-corrected chi connectivity index (χ0v) is 21.5. The first-order chi connectivity index (χ1) is 13.4. The van der Waals surface area contributed by atoms with Gasteiger partial charge in [0.15, 0.2) is 5.96 Å². The first kappa shape index (κ1) is 26.2. The Bertz CT molecular complexity index is 770. The fourth-order valence-electron chi connectivity index (χ4n) is 3.70. The molecule has 0 bridgehead atoms. The van der Waals surface area contributed by atoms with Gasteiger partial charge in [-0.05, 0) is 39.5 Å². The molecule has 0 saturated carbocycles. The van der Waals surface area contributed by atoms with Gasteiger partial charge in [0.2, 0.25) is 10.0 Å². The summed E-state index contributed by atoms with van der Waals surface area (Å²) in [5.41, 5.74) is 3.56. The molecule has 0 spiro atoms. The number of aryl methyl sites for hydroxylation is 2. The molecule has 1 aliphatic heterocycles. The molecule has 0 aliphatic carbocycles. The highest BCUT2D eigenvalue weighted by Gasteiger charge is 2.27. The summed E-state index contributed by atoms with van der Waals surface area (Å²) in [5, 5.41) is 11.4. The normalized spacial score (nSPS) is 16.5. The topological polar surface area (TPSA) is 91.6 Å². The third-order valence-corrected chi connectivity index (χ3v) is 7.20. The van der Waals surface area contributed by atoms with Crippen LogP contribution in [0.4, 0.5) is 0 Å². The van der Waals surface area contributed by atoms with Crippen molar-refractivity contribution in [2.24, 2.45) is 12.0 Å². The minimum Gasteiger partial charge on any atom is -0.357 e. The van der Waals surface area contributed by atoms with Crippen LogP contribution in [0.25, 0.3) is 0 Å². The lowest BCUT2D eigenvalue weighted by atomic mass is 10.1. The second-order valence-electron chi connectivity index (χ2n) is 7.12. The average Bonchev–Trinajstić information content (AvgIpc) is 3.01. The maximum absolute atomic E-state index is 12.0. The van der Waals surface area contributed by atoms with Crippen LogP contribution in [0.2, 0.25) is 0 Å². The Morgan fingerprint density at radius 2 is 1.83 bits per heavy atom. The van der Waals surface area contributed by atoms with Crippen molar-refractivity contribution in [2.45, 2.75) is 66.0 Å². The Morgan fingerprint density at radius 3 is 2.34 bits per heavy atom. The van der Waals surface area contributed by atoms with Gasteiger partial charge in [0.1, 0.15) is 0 Å². The van der Waals surface area contributed by atoms with Crippen LogP contribution in [-0.2, 0) is 36.5 Å². The maximum atomic E-state index is 12.0. The van der Waals surface area contributed by atoms with Crippen LogP contribution in [0, 0.1) is 0 Å². The van der Waals surface area contributed by atoms with E-state index < -0.39 is 10.0 Å². The van der Waals surface area contributed by atoms with Gasteiger partial charge in [0.25, 0.3) is 0 Å². The van der Waals surface area contributed by atoms with Crippen molar-refractivity contribution in [1.29, 1.82) is 0 Å². The Hall–Kier alpha value is -0.880. The Kier molecular flexibility index (Phi) is 10.9. The summed E-state index contributed by atoms with van der Waals surface area (Å²) in [6.45, 7) is 10.5. The highest BCUT2D eigenvalue weighted by atomic mass is 127. The Labute approximate surface area is 193 Å². The number of aromatic nitrogens is 2. The van der Waals surface area contributed by atoms with Gasteiger partial charge in [-0.25, -0.2) is 17.7 Å². The second-order valence-corrected chi connectivity index (χ2v) is 9.37. The summed E-state index contributed by atoms with van der Waals surface area (Å²) in [6, 6.07) is 0.228. The average molecular weight is 541 g/mol. The first-order valence-electron chi connectivity index (χ1n) is 10.4. The van der Waals surface area contributed by atoms with Crippen LogP contribution in [-0.4, -0.2) is 59.9 Å². The maximum Gasteiger partial charge on any atom is 0.213 e. The van der Waals surface area contributed by atoms with Crippen LogP contribution in [0.5, 0.6) is 0 Å². The molecule has 0 radical (unpaired) electrons. The van der Waals surface area contributed by atoms with E-state index in [0.717, 1.165) is 43.9 Å². The Balaban J connectivity index is 0.00000420. The second kappa shape index (κ2) is 12.1. The molecule has 2 N–H and O–H groups in total. The van der Waals surface area contributed by atoms with E-state index in [1.54, 1.807) is 11.2 Å². The van der Waals surface area contributed by atoms with Gasteiger partial charge in [0.05, 0.1) is 18.0 Å². The summed E-state index contributed by atoms with van der Waals surface area (Å²) in [7, 11) is -1.10. The molecule has 1 aromatic heterocycles. The van der Waals surface area contributed by atoms with Crippen LogP contribution in [0.15, 0.2) is 4.99 Å². The van der Waals surface area contributed by atoms with Crippen LogP contribution >= 0.6 is 24.0 Å². The molecule has 1 aromatic rings. The molecule has 0 aromatic carbocycles. The molecule has 1 fully saturated rings. The van der Waals surface area contributed by atoms with Crippen molar-refractivity contribution in [1.82, 2.24) is 24.7 Å². The number of nitrogens with zero attached hydrogens (tertiary/aromatic N) is 4. The fraction of sp³-hybridized carbons (Fsp3) is 0.789. The molecule has 2 rings (SSSR count). The highest BCUT2D eigenvalue weighted by Crippen LogP contribution is 2.17. The van der Waals surface area contributed by atoms with Crippen molar-refractivity contribution >= 4 is 40.0 Å². The number of piperidine rings is 1. The molecule has 0 unspecified atom stereocenters. The highest BCUT2D eigenvalue weighted by molar-refractivity contribution is 14.0. The largest absolute Gasteiger partial charge is 0.357 e. The zero-order valence-electron chi connectivity index (χ0n) is 18.4. The van der Waals surface area contributed by atoms with Crippen molar-refractivity contribution in [3.05, 3.63) is 17.0 Å². The summed E-state index contributed by atoms with van der Waals surface area (Å²) < 4.78 is 27.6. The number of halogens is 1. The van der Waals surface area contributed by atoms with Crippen molar-refractivity contribution < 1.29 is 8.42 Å². The van der Waals surface area contributed by atoms with E-state index in [0.29, 0.717) is 19.6 Å². The summed E-state index contributed by atoms with van der Waals surface area (Å²) in [4.78, 5) is 4.80. The molecule has 10 heteroatoms. The Morgan fingerprint density at radius 1 is 1.17 bits per heavy atom. The summed E-state index contributed by atoms with van der Waals surface area (Å²) >= 11 is 0. The van der Waals surface area contributed by atoms with Gasteiger partial charge in [-0.3, -0.25) is 4.68 Å². The van der Waals surface area contributed by atoms with E-state index in [4.69, 9.17) is 4.99 Å². The van der Waals surface area contributed by atoms with Gasteiger partial charge in [-0.15, -0.1) is 24.0 Å². The van der Waals surface area contributed by atoms with E-state index >= 15 is 0 Å². The molecule has 1 aliphatic rings. The van der Waals surface area contributed by atoms with Crippen molar-refractivity contribution in [3.63, 3.8) is 0 Å². The molecular formula is C19H37IN6O2S. The van der Waals surface area contributed by atoms with Gasteiger partial charge in [-0.2, -0.15) is 5.10 Å². The third-order valence-electron chi connectivity index (χ3n) is 5.32. The van der Waals surface area contributed by atoms with E-state index in [1.165, 1.54) is 11.3 Å². The third kappa shape index (κ3) is 6.81. The number of hydrogen-bond donors (Lipinski definition) is 2. The SMILES string of the molecule is CCNC(=NCc1c(CC)nn(C)c1CC)NC1CCN(S(=O)(=O)CC)CC1.I. The number of nitrogens with one attached hydrogen (secondary N) is 2. The minimum absolute atomic E-state index is 0. The molecule has 29 heavy (non-hydrogen) atoms. The molecule has 0 atom stereocenters. The lowest BCUT2D eigenvalue weighted by molar-refractivity contribution is 0.306. The quantitative estimate of drug-likeness (QED) is 0.299. The number of rotatable bonds is 8. The van der Waals surface area contributed by atoms with Gasteiger partial charge >= 0.3 is 0 Å².